The Hall–Kier alpha value is -5.20. The number of rotatable bonds is 3. The molecule has 9 rings (SSSR count). The van der Waals surface area contributed by atoms with Gasteiger partial charge in [0.1, 0.15) is 0 Å². The van der Waals surface area contributed by atoms with E-state index in [1.165, 1.54) is 92.5 Å². The van der Waals surface area contributed by atoms with Crippen LogP contribution in [0.3, 0.4) is 0 Å². The fourth-order valence-corrected chi connectivity index (χ4v) is 7.21. The fraction of sp³-hybridized carbons (Fsp3) is 0.0698. The summed E-state index contributed by atoms with van der Waals surface area (Å²) in [6, 6.07) is 52.4. The summed E-state index contributed by atoms with van der Waals surface area (Å²) < 4.78 is 0. The summed E-state index contributed by atoms with van der Waals surface area (Å²) in [5.74, 6) is 0.511. The molecule has 0 N–H and O–H groups in total. The molecule has 202 valence electrons. The Morgan fingerprint density at radius 2 is 0.884 bits per heavy atom. The van der Waals surface area contributed by atoms with Gasteiger partial charge in [0, 0.05) is 0 Å². The van der Waals surface area contributed by atoms with Crippen molar-refractivity contribution in [2.24, 2.45) is 0 Å². The zero-order valence-electron chi connectivity index (χ0n) is 24.4. The van der Waals surface area contributed by atoms with Crippen LogP contribution in [0.2, 0.25) is 0 Å². The highest BCUT2D eigenvalue weighted by molar-refractivity contribution is 6.25. The number of fused-ring (bicyclic) bond motifs is 4. The van der Waals surface area contributed by atoms with Crippen LogP contribution < -0.4 is 0 Å². The second-order valence-electron chi connectivity index (χ2n) is 12.4. The van der Waals surface area contributed by atoms with E-state index in [-0.39, 0.29) is 0 Å². The largest absolute Gasteiger partial charge is 0.0616 e. The summed E-state index contributed by atoms with van der Waals surface area (Å²) in [4.78, 5) is 0. The Balaban J connectivity index is 1.15. The van der Waals surface area contributed by atoms with E-state index in [1.54, 1.807) is 0 Å². The summed E-state index contributed by atoms with van der Waals surface area (Å²) in [7, 11) is 0. The SMILES string of the molecule is CC(C)c1cc2ccc3ccc(-c4ccc5cc(-c6ccc7c(ccc8ccccc87)c6)ccc5c4)c4ccc(c1)c2c34. The zero-order chi connectivity index (χ0) is 28.7. The first-order valence-corrected chi connectivity index (χ1v) is 15.3. The Kier molecular flexibility index (Phi) is 5.19. The summed E-state index contributed by atoms with van der Waals surface area (Å²) >= 11 is 0. The lowest BCUT2D eigenvalue weighted by atomic mass is 9.87. The van der Waals surface area contributed by atoms with Crippen molar-refractivity contribution in [3.05, 3.63) is 145 Å². The van der Waals surface area contributed by atoms with Crippen molar-refractivity contribution in [3.63, 3.8) is 0 Å². The molecule has 0 unspecified atom stereocenters. The molecule has 0 amide bonds. The van der Waals surface area contributed by atoms with Gasteiger partial charge in [-0.3, -0.25) is 0 Å². The molecule has 9 aromatic carbocycles. The molecule has 9 aromatic rings. The highest BCUT2D eigenvalue weighted by Gasteiger charge is 2.14. The predicted molar refractivity (Wildman–Crippen MR) is 188 cm³/mol. The molecule has 0 heterocycles. The minimum absolute atomic E-state index is 0.511. The highest BCUT2D eigenvalue weighted by atomic mass is 14.2. The Bertz CT molecular complexity index is 2510. The maximum Gasteiger partial charge on any atom is -0.00206 e. The van der Waals surface area contributed by atoms with Crippen LogP contribution in [-0.4, -0.2) is 0 Å². The molecule has 0 aromatic heterocycles. The monoisotopic (exact) mass is 546 g/mol. The highest BCUT2D eigenvalue weighted by Crippen LogP contribution is 2.41. The van der Waals surface area contributed by atoms with Crippen LogP contribution in [0.25, 0.3) is 86.9 Å². The van der Waals surface area contributed by atoms with Gasteiger partial charge < -0.3 is 0 Å². The van der Waals surface area contributed by atoms with Crippen molar-refractivity contribution in [1.82, 2.24) is 0 Å². The molecule has 0 heteroatoms. The van der Waals surface area contributed by atoms with Gasteiger partial charge in [0.05, 0.1) is 0 Å². The average Bonchev–Trinajstić information content (AvgIpc) is 3.06. The van der Waals surface area contributed by atoms with Gasteiger partial charge in [-0.25, -0.2) is 0 Å². The van der Waals surface area contributed by atoms with Crippen molar-refractivity contribution in [1.29, 1.82) is 0 Å². The lowest BCUT2D eigenvalue weighted by Crippen LogP contribution is -1.91. The predicted octanol–water partition coefficient (Wildman–Crippen LogP) is 12.5. The normalized spacial score (nSPS) is 12.2. The van der Waals surface area contributed by atoms with E-state index in [4.69, 9.17) is 0 Å². The van der Waals surface area contributed by atoms with Crippen LogP contribution in [0, 0.1) is 0 Å². The molecule has 0 nitrogen and oxygen atoms in total. The molecule has 0 aliphatic rings. The van der Waals surface area contributed by atoms with E-state index in [0.717, 1.165) is 0 Å². The average molecular weight is 547 g/mol. The van der Waals surface area contributed by atoms with E-state index in [2.05, 4.69) is 153 Å². The maximum atomic E-state index is 2.38. The smallest absolute Gasteiger partial charge is 0.00206 e. The molecule has 43 heavy (non-hydrogen) atoms. The van der Waals surface area contributed by atoms with Gasteiger partial charge in [0.25, 0.3) is 0 Å². The van der Waals surface area contributed by atoms with E-state index in [9.17, 15) is 0 Å². The van der Waals surface area contributed by atoms with Crippen molar-refractivity contribution in [2.75, 3.05) is 0 Å². The molecule has 0 fully saturated rings. The Labute approximate surface area is 251 Å². The van der Waals surface area contributed by atoms with Crippen molar-refractivity contribution in [3.8, 4) is 22.3 Å². The third-order valence-corrected chi connectivity index (χ3v) is 9.52. The van der Waals surface area contributed by atoms with Crippen LogP contribution in [-0.2, 0) is 0 Å². The molecule has 0 aliphatic heterocycles. The second-order valence-corrected chi connectivity index (χ2v) is 12.4. The summed E-state index contributed by atoms with van der Waals surface area (Å²) in [6.45, 7) is 4.55. The second kappa shape index (κ2) is 9.15. The zero-order valence-corrected chi connectivity index (χ0v) is 24.4. The van der Waals surface area contributed by atoms with Gasteiger partial charge in [-0.15, -0.1) is 0 Å². The van der Waals surface area contributed by atoms with E-state index in [0.29, 0.717) is 5.92 Å². The molecule has 0 saturated heterocycles. The summed E-state index contributed by atoms with van der Waals surface area (Å²) in [6.07, 6.45) is 0. The number of hydrogen-bond donors (Lipinski definition) is 0. The van der Waals surface area contributed by atoms with Crippen LogP contribution >= 0.6 is 0 Å². The summed E-state index contributed by atoms with van der Waals surface area (Å²) in [5, 5.41) is 15.8. The van der Waals surface area contributed by atoms with Gasteiger partial charge in [0.15, 0.2) is 0 Å². The number of hydrogen-bond acceptors (Lipinski definition) is 0. The molecule has 0 bridgehead atoms. The van der Waals surface area contributed by atoms with Crippen LogP contribution in [0.15, 0.2) is 140 Å². The molecule has 0 radical (unpaired) electrons. The molecule has 0 aliphatic carbocycles. The molecular weight excluding hydrogens is 516 g/mol. The van der Waals surface area contributed by atoms with Gasteiger partial charge in [-0.1, -0.05) is 135 Å². The van der Waals surface area contributed by atoms with E-state index >= 15 is 0 Å². The molecular formula is C43H30. The van der Waals surface area contributed by atoms with Gasteiger partial charge in [0.2, 0.25) is 0 Å². The Morgan fingerprint density at radius 3 is 1.70 bits per heavy atom. The first-order valence-electron chi connectivity index (χ1n) is 15.3. The lowest BCUT2D eigenvalue weighted by Gasteiger charge is -2.16. The molecule has 0 spiro atoms. The van der Waals surface area contributed by atoms with E-state index in [1.807, 2.05) is 0 Å². The Morgan fingerprint density at radius 1 is 0.349 bits per heavy atom. The minimum Gasteiger partial charge on any atom is -0.0616 e. The van der Waals surface area contributed by atoms with Gasteiger partial charge >= 0.3 is 0 Å². The first-order chi connectivity index (χ1) is 21.1. The van der Waals surface area contributed by atoms with Crippen molar-refractivity contribution < 1.29 is 0 Å². The third-order valence-electron chi connectivity index (χ3n) is 9.52. The van der Waals surface area contributed by atoms with Crippen molar-refractivity contribution in [2.45, 2.75) is 19.8 Å². The van der Waals surface area contributed by atoms with Crippen LogP contribution in [0.4, 0.5) is 0 Å². The quantitative estimate of drug-likeness (QED) is 0.193. The van der Waals surface area contributed by atoms with E-state index < -0.39 is 0 Å². The minimum atomic E-state index is 0.511. The fourth-order valence-electron chi connectivity index (χ4n) is 7.21. The first kappa shape index (κ1) is 24.4. The third kappa shape index (κ3) is 3.76. The van der Waals surface area contributed by atoms with Crippen LogP contribution in [0.5, 0.6) is 0 Å². The maximum absolute atomic E-state index is 2.38. The van der Waals surface area contributed by atoms with Crippen LogP contribution in [0.1, 0.15) is 25.3 Å². The lowest BCUT2D eigenvalue weighted by molar-refractivity contribution is 0.870. The molecule has 0 atom stereocenters. The standard InChI is InChI=1S/C43H30/c1-26(2)37-24-35-14-8-28-15-18-40(41-20-17-36(25-37)42(35)43(28)41)34-13-11-30-21-29(9-10-31(30)22-34)32-16-19-39-33(23-32)12-7-27-5-3-4-6-38(27)39/h3-26H,1-2H3. The van der Waals surface area contributed by atoms with Gasteiger partial charge in [-0.2, -0.15) is 0 Å². The van der Waals surface area contributed by atoms with Gasteiger partial charge in [-0.05, 0) is 117 Å². The molecule has 0 saturated carbocycles. The topological polar surface area (TPSA) is 0 Å². The van der Waals surface area contributed by atoms with Crippen molar-refractivity contribution >= 4 is 64.6 Å². The summed E-state index contributed by atoms with van der Waals surface area (Å²) in [5.41, 5.74) is 6.46. The number of benzene rings is 9.